The van der Waals surface area contributed by atoms with Gasteiger partial charge in [-0.15, -0.1) is 0 Å². The highest BCUT2D eigenvalue weighted by molar-refractivity contribution is 6.31. The number of aliphatic hydroxyl groups excluding tert-OH is 1. The molecule has 2 aliphatic rings. The van der Waals surface area contributed by atoms with Gasteiger partial charge in [-0.1, -0.05) is 85.1 Å². The first kappa shape index (κ1) is 25.3. The number of aliphatic hydroxyl groups is 1. The number of ketones is 1. The molecule has 1 heterocycles. The second-order valence-electron chi connectivity index (χ2n) is 10.6. The van der Waals surface area contributed by atoms with E-state index in [1.165, 1.54) is 0 Å². The van der Waals surface area contributed by atoms with E-state index in [1.54, 1.807) is 29.2 Å². The van der Waals surface area contributed by atoms with Crippen LogP contribution in [0.15, 0.2) is 89.6 Å². The largest absolute Gasteiger partial charge is 0.507 e. The minimum atomic E-state index is -0.611. The van der Waals surface area contributed by atoms with Crippen LogP contribution in [0.4, 0.5) is 5.69 Å². The standard InChI is InChI=1S/C31H28Cl2N2O2/c1-18-7-9-20(10-8-18)29(37)28-26(19-11-13-21(32)14-12-19)27-24(16-31(2,3)17-25(27)36)35(30(28)34)23-6-4-5-22(33)15-23/h4-15,26,34,37H,16-17H2,1-3H3/b29-28+,34-30?. The number of aryl methyl sites for hydroxylation is 1. The fourth-order valence-corrected chi connectivity index (χ4v) is 5.68. The lowest BCUT2D eigenvalue weighted by molar-refractivity contribution is -0.118. The number of anilines is 1. The van der Waals surface area contributed by atoms with Gasteiger partial charge in [0.05, 0.1) is 0 Å². The maximum atomic E-state index is 13.9. The minimum Gasteiger partial charge on any atom is -0.507 e. The summed E-state index contributed by atoms with van der Waals surface area (Å²) in [6.45, 7) is 6.12. The Morgan fingerprint density at radius 2 is 1.65 bits per heavy atom. The van der Waals surface area contributed by atoms with Crippen molar-refractivity contribution < 1.29 is 9.90 Å². The van der Waals surface area contributed by atoms with Crippen LogP contribution in [0.2, 0.25) is 10.0 Å². The number of Topliss-reactive ketones (excluding diaryl/α,β-unsaturated/α-hetero) is 1. The summed E-state index contributed by atoms with van der Waals surface area (Å²) in [6, 6.07) is 22.1. The Bertz CT molecular complexity index is 1470. The van der Waals surface area contributed by atoms with E-state index >= 15 is 0 Å². The molecule has 1 atom stereocenters. The summed E-state index contributed by atoms with van der Waals surface area (Å²) in [5, 5.41) is 22.3. The van der Waals surface area contributed by atoms with Crippen LogP contribution in [0.1, 0.15) is 49.3 Å². The zero-order valence-corrected chi connectivity index (χ0v) is 22.5. The van der Waals surface area contributed by atoms with Gasteiger partial charge in [0.1, 0.15) is 11.6 Å². The second kappa shape index (κ2) is 9.51. The number of hydrogen-bond acceptors (Lipinski definition) is 3. The molecule has 0 amide bonds. The summed E-state index contributed by atoms with van der Waals surface area (Å²) in [4.78, 5) is 15.7. The molecule has 37 heavy (non-hydrogen) atoms. The smallest absolute Gasteiger partial charge is 0.162 e. The number of benzene rings is 3. The Labute approximate surface area is 227 Å². The number of nitrogens with one attached hydrogen (secondary N) is 1. The first-order valence-corrected chi connectivity index (χ1v) is 13.0. The number of nitrogens with zero attached hydrogens (tertiary/aromatic N) is 1. The van der Waals surface area contributed by atoms with Gasteiger partial charge < -0.3 is 5.11 Å². The highest BCUT2D eigenvalue weighted by Crippen LogP contribution is 2.51. The van der Waals surface area contributed by atoms with Crippen molar-refractivity contribution in [2.45, 2.75) is 39.5 Å². The average molecular weight is 531 g/mol. The lowest BCUT2D eigenvalue weighted by Gasteiger charge is -2.45. The summed E-state index contributed by atoms with van der Waals surface area (Å²) in [7, 11) is 0. The first-order valence-electron chi connectivity index (χ1n) is 12.2. The molecule has 1 aliphatic heterocycles. The predicted molar refractivity (Wildman–Crippen MR) is 152 cm³/mol. The summed E-state index contributed by atoms with van der Waals surface area (Å²) in [5.41, 5.74) is 4.59. The van der Waals surface area contributed by atoms with Gasteiger partial charge in [0, 0.05) is 50.5 Å². The number of amidine groups is 1. The Balaban J connectivity index is 1.85. The van der Waals surface area contributed by atoms with Gasteiger partial charge in [0.25, 0.3) is 0 Å². The molecular weight excluding hydrogens is 503 g/mol. The minimum absolute atomic E-state index is 0.0138. The van der Waals surface area contributed by atoms with Crippen molar-refractivity contribution in [2.24, 2.45) is 5.41 Å². The molecule has 3 aromatic carbocycles. The quantitative estimate of drug-likeness (QED) is 0.333. The predicted octanol–water partition coefficient (Wildman–Crippen LogP) is 8.50. The van der Waals surface area contributed by atoms with Crippen molar-refractivity contribution in [3.05, 3.63) is 116 Å². The molecule has 0 saturated carbocycles. The Hall–Kier alpha value is -3.34. The van der Waals surface area contributed by atoms with Crippen LogP contribution in [-0.4, -0.2) is 16.7 Å². The van der Waals surface area contributed by atoms with Crippen LogP contribution in [-0.2, 0) is 4.79 Å². The molecule has 2 N–H and O–H groups in total. The summed E-state index contributed by atoms with van der Waals surface area (Å²) in [6.07, 6.45) is 0.983. The lowest BCUT2D eigenvalue weighted by Crippen LogP contribution is -2.45. The molecular formula is C31H28Cl2N2O2. The SMILES string of the molecule is Cc1ccc(/C(O)=C2\C(=N)N(c3cccc(Cl)c3)C3=C(C(=O)CC(C)(C)C3)C2c2ccc(Cl)cc2)cc1. The Morgan fingerprint density at radius 1 is 0.973 bits per heavy atom. The molecule has 5 rings (SSSR count). The maximum Gasteiger partial charge on any atom is 0.162 e. The number of rotatable bonds is 3. The van der Waals surface area contributed by atoms with E-state index in [-0.39, 0.29) is 22.8 Å². The van der Waals surface area contributed by atoms with Crippen molar-refractivity contribution in [3.63, 3.8) is 0 Å². The van der Waals surface area contributed by atoms with E-state index in [0.717, 1.165) is 16.8 Å². The molecule has 6 heteroatoms. The molecule has 0 bridgehead atoms. The number of carbonyl (C=O) groups excluding carboxylic acids is 1. The van der Waals surface area contributed by atoms with Crippen LogP contribution >= 0.6 is 23.2 Å². The van der Waals surface area contributed by atoms with Crippen molar-refractivity contribution >= 4 is 46.3 Å². The van der Waals surface area contributed by atoms with Crippen LogP contribution in [0.25, 0.3) is 5.76 Å². The van der Waals surface area contributed by atoms with Crippen LogP contribution in [0.3, 0.4) is 0 Å². The lowest BCUT2D eigenvalue weighted by atomic mass is 9.67. The number of hydrogen-bond donors (Lipinski definition) is 2. The first-order chi connectivity index (χ1) is 17.6. The fraction of sp³-hybridized carbons (Fsp3) is 0.226. The van der Waals surface area contributed by atoms with Gasteiger partial charge in [-0.3, -0.25) is 15.1 Å². The van der Waals surface area contributed by atoms with E-state index in [0.29, 0.717) is 45.3 Å². The topological polar surface area (TPSA) is 64.4 Å². The molecule has 1 aliphatic carbocycles. The maximum absolute atomic E-state index is 13.9. The van der Waals surface area contributed by atoms with Gasteiger partial charge in [0.15, 0.2) is 5.78 Å². The third kappa shape index (κ3) is 4.72. The van der Waals surface area contributed by atoms with E-state index in [4.69, 9.17) is 23.2 Å². The molecule has 1 unspecified atom stereocenters. The fourth-order valence-electron chi connectivity index (χ4n) is 5.37. The molecule has 0 fully saturated rings. The highest BCUT2D eigenvalue weighted by atomic mass is 35.5. The second-order valence-corrected chi connectivity index (χ2v) is 11.5. The van der Waals surface area contributed by atoms with Gasteiger partial charge in [0.2, 0.25) is 0 Å². The third-order valence-corrected chi connectivity index (χ3v) is 7.56. The van der Waals surface area contributed by atoms with E-state index < -0.39 is 5.92 Å². The van der Waals surface area contributed by atoms with Crippen LogP contribution in [0.5, 0.6) is 0 Å². The number of allylic oxidation sites excluding steroid dienone is 2. The summed E-state index contributed by atoms with van der Waals surface area (Å²) in [5.74, 6) is -0.509. The molecule has 0 spiro atoms. The van der Waals surface area contributed by atoms with E-state index in [1.807, 2.05) is 55.5 Å². The molecule has 0 radical (unpaired) electrons. The average Bonchev–Trinajstić information content (AvgIpc) is 2.83. The summed E-state index contributed by atoms with van der Waals surface area (Å²) >= 11 is 12.6. The molecule has 3 aromatic rings. The molecule has 188 valence electrons. The third-order valence-electron chi connectivity index (χ3n) is 7.07. The molecule has 0 aromatic heterocycles. The zero-order chi connectivity index (χ0) is 26.5. The van der Waals surface area contributed by atoms with Crippen LogP contribution < -0.4 is 4.90 Å². The van der Waals surface area contributed by atoms with E-state index in [2.05, 4.69) is 13.8 Å². The Morgan fingerprint density at radius 3 is 2.30 bits per heavy atom. The number of halogens is 2. The molecule has 0 saturated heterocycles. The zero-order valence-electron chi connectivity index (χ0n) is 21.0. The van der Waals surface area contributed by atoms with Crippen molar-refractivity contribution in [3.8, 4) is 0 Å². The highest BCUT2D eigenvalue weighted by Gasteiger charge is 2.46. The van der Waals surface area contributed by atoms with Crippen molar-refractivity contribution in [2.75, 3.05) is 4.90 Å². The van der Waals surface area contributed by atoms with E-state index in [9.17, 15) is 15.3 Å². The monoisotopic (exact) mass is 530 g/mol. The summed E-state index contributed by atoms with van der Waals surface area (Å²) < 4.78 is 0. The number of carbonyl (C=O) groups is 1. The van der Waals surface area contributed by atoms with Crippen molar-refractivity contribution in [1.82, 2.24) is 0 Å². The van der Waals surface area contributed by atoms with Crippen LogP contribution in [0, 0.1) is 17.7 Å². The van der Waals surface area contributed by atoms with Gasteiger partial charge in [-0.25, -0.2) is 0 Å². The van der Waals surface area contributed by atoms with Crippen molar-refractivity contribution in [1.29, 1.82) is 5.41 Å². The molecule has 4 nitrogen and oxygen atoms in total. The Kier molecular flexibility index (Phi) is 6.51. The van der Waals surface area contributed by atoms with Gasteiger partial charge in [-0.05, 0) is 54.7 Å². The normalized spacial score (nSPS) is 20.7. The van der Waals surface area contributed by atoms with Gasteiger partial charge >= 0.3 is 0 Å². The van der Waals surface area contributed by atoms with Gasteiger partial charge in [-0.2, -0.15) is 0 Å².